The first kappa shape index (κ1) is 13.6. The maximum atomic E-state index is 4.46. The molecule has 0 radical (unpaired) electrons. The zero-order chi connectivity index (χ0) is 14.2. The minimum atomic E-state index is 0.240. The molecule has 0 aliphatic heterocycles. The Balaban J connectivity index is 2.19. The number of thioether (sulfide) groups is 1. The maximum Gasteiger partial charge on any atom is 0.116 e. The Kier molecular flexibility index (Phi) is 3.55. The number of benzene rings is 1. The van der Waals surface area contributed by atoms with Crippen LogP contribution in [0.4, 0.5) is 0 Å². The molecular formula is C17H20N2S. The lowest BCUT2D eigenvalue weighted by Gasteiger charge is -2.40. The van der Waals surface area contributed by atoms with Gasteiger partial charge in [0, 0.05) is 17.7 Å². The van der Waals surface area contributed by atoms with Crippen molar-refractivity contribution in [1.29, 1.82) is 0 Å². The zero-order valence-electron chi connectivity index (χ0n) is 12.3. The highest BCUT2D eigenvalue weighted by Crippen LogP contribution is 2.49. The van der Waals surface area contributed by atoms with Crippen LogP contribution in [-0.2, 0) is 6.42 Å². The van der Waals surface area contributed by atoms with Crippen molar-refractivity contribution < 1.29 is 0 Å². The molecule has 1 aromatic carbocycles. The van der Waals surface area contributed by atoms with E-state index in [1.165, 1.54) is 29.5 Å². The minimum Gasteiger partial charge on any atom is -0.244 e. The van der Waals surface area contributed by atoms with Crippen LogP contribution in [0.2, 0.25) is 0 Å². The van der Waals surface area contributed by atoms with E-state index < -0.39 is 0 Å². The fourth-order valence-electron chi connectivity index (χ4n) is 3.35. The van der Waals surface area contributed by atoms with Crippen LogP contribution in [0.3, 0.4) is 0 Å². The average Bonchev–Trinajstić information content (AvgIpc) is 2.46. The Morgan fingerprint density at radius 2 is 2.00 bits per heavy atom. The molecule has 1 unspecified atom stereocenters. The van der Waals surface area contributed by atoms with Gasteiger partial charge in [0.2, 0.25) is 0 Å². The van der Waals surface area contributed by atoms with E-state index in [1.807, 2.05) is 6.20 Å². The number of hydrogen-bond acceptors (Lipinski definition) is 3. The Hall–Kier alpha value is -1.35. The molecule has 2 nitrogen and oxygen atoms in total. The van der Waals surface area contributed by atoms with Crippen molar-refractivity contribution >= 4 is 11.8 Å². The van der Waals surface area contributed by atoms with Crippen LogP contribution in [0.15, 0.2) is 41.8 Å². The largest absolute Gasteiger partial charge is 0.244 e. The molecule has 3 heteroatoms. The second kappa shape index (κ2) is 5.21. The predicted octanol–water partition coefficient (Wildman–Crippen LogP) is 4.30. The third kappa shape index (κ3) is 2.24. The molecular weight excluding hydrogens is 264 g/mol. The first-order valence-electron chi connectivity index (χ1n) is 7.05. The smallest absolute Gasteiger partial charge is 0.116 e. The van der Waals surface area contributed by atoms with E-state index in [2.05, 4.69) is 54.3 Å². The Labute approximate surface area is 125 Å². The number of nitrogens with zero attached hydrogens (tertiary/aromatic N) is 2. The number of fused-ring (bicyclic) bond motifs is 1. The normalized spacial score (nSPS) is 20.4. The van der Waals surface area contributed by atoms with Crippen molar-refractivity contribution in [2.24, 2.45) is 5.41 Å². The molecule has 1 aliphatic rings. The highest BCUT2D eigenvalue weighted by molar-refractivity contribution is 7.98. The van der Waals surface area contributed by atoms with E-state index in [-0.39, 0.29) is 5.41 Å². The number of rotatable bonds is 2. The standard InChI is InChI=1S/C17H20N2S/c1-17(2)9-8-12-6-4-5-7-13(12)15(17)14-10-18-11-19-16(14)20-3/h4-7,10-11,15H,8-9H2,1-3H3. The first-order chi connectivity index (χ1) is 9.63. The van der Waals surface area contributed by atoms with Crippen LogP contribution < -0.4 is 0 Å². The van der Waals surface area contributed by atoms with Crippen molar-refractivity contribution in [1.82, 2.24) is 9.97 Å². The molecule has 1 atom stereocenters. The molecule has 2 aromatic rings. The first-order valence-corrected chi connectivity index (χ1v) is 8.27. The average molecular weight is 284 g/mol. The summed E-state index contributed by atoms with van der Waals surface area (Å²) in [7, 11) is 0. The summed E-state index contributed by atoms with van der Waals surface area (Å²) in [6.07, 6.45) is 8.12. The fraction of sp³-hybridized carbons (Fsp3) is 0.412. The van der Waals surface area contributed by atoms with Crippen LogP contribution in [0.25, 0.3) is 0 Å². The van der Waals surface area contributed by atoms with Gasteiger partial charge in [-0.15, -0.1) is 11.8 Å². The topological polar surface area (TPSA) is 25.8 Å². The van der Waals surface area contributed by atoms with Crippen molar-refractivity contribution in [2.75, 3.05) is 6.26 Å². The van der Waals surface area contributed by atoms with Gasteiger partial charge in [-0.3, -0.25) is 0 Å². The van der Waals surface area contributed by atoms with Gasteiger partial charge in [0.25, 0.3) is 0 Å². The van der Waals surface area contributed by atoms with Crippen LogP contribution in [0.5, 0.6) is 0 Å². The molecule has 20 heavy (non-hydrogen) atoms. The molecule has 0 bridgehead atoms. The molecule has 0 saturated heterocycles. The summed E-state index contributed by atoms with van der Waals surface area (Å²) in [6, 6.07) is 8.83. The molecule has 104 valence electrons. The molecule has 0 fully saturated rings. The molecule has 1 aliphatic carbocycles. The Bertz CT molecular complexity index is 622. The van der Waals surface area contributed by atoms with E-state index in [1.54, 1.807) is 18.1 Å². The second-order valence-corrected chi connectivity index (χ2v) is 6.90. The fourth-order valence-corrected chi connectivity index (χ4v) is 3.91. The van der Waals surface area contributed by atoms with Crippen LogP contribution in [0.1, 0.15) is 42.9 Å². The van der Waals surface area contributed by atoms with Crippen LogP contribution in [0, 0.1) is 5.41 Å². The molecule has 1 heterocycles. The third-order valence-corrected chi connectivity index (χ3v) is 5.12. The van der Waals surface area contributed by atoms with Gasteiger partial charge in [0.1, 0.15) is 11.4 Å². The van der Waals surface area contributed by atoms with Crippen molar-refractivity contribution in [3.05, 3.63) is 53.5 Å². The molecule has 3 rings (SSSR count). The summed E-state index contributed by atoms with van der Waals surface area (Å²) in [5.41, 5.74) is 4.45. The van der Waals surface area contributed by atoms with E-state index >= 15 is 0 Å². The number of aromatic nitrogens is 2. The minimum absolute atomic E-state index is 0.240. The summed E-state index contributed by atoms with van der Waals surface area (Å²) >= 11 is 1.71. The Morgan fingerprint density at radius 1 is 1.20 bits per heavy atom. The van der Waals surface area contributed by atoms with E-state index in [4.69, 9.17) is 0 Å². The quantitative estimate of drug-likeness (QED) is 0.607. The Morgan fingerprint density at radius 3 is 2.80 bits per heavy atom. The lowest BCUT2D eigenvalue weighted by Crippen LogP contribution is -2.29. The lowest BCUT2D eigenvalue weighted by molar-refractivity contribution is 0.270. The van der Waals surface area contributed by atoms with E-state index in [0.717, 1.165) is 5.03 Å². The van der Waals surface area contributed by atoms with Gasteiger partial charge >= 0.3 is 0 Å². The molecule has 1 aromatic heterocycles. The highest BCUT2D eigenvalue weighted by Gasteiger charge is 2.38. The monoisotopic (exact) mass is 284 g/mol. The summed E-state index contributed by atoms with van der Waals surface area (Å²) in [5, 5.41) is 1.11. The van der Waals surface area contributed by atoms with Gasteiger partial charge in [0.05, 0.1) is 0 Å². The van der Waals surface area contributed by atoms with E-state index in [9.17, 15) is 0 Å². The van der Waals surface area contributed by atoms with E-state index in [0.29, 0.717) is 5.92 Å². The van der Waals surface area contributed by atoms with Gasteiger partial charge in [-0.05, 0) is 35.6 Å². The molecule has 0 spiro atoms. The molecule has 0 amide bonds. The number of hydrogen-bond donors (Lipinski definition) is 0. The third-order valence-electron chi connectivity index (χ3n) is 4.39. The lowest BCUT2D eigenvalue weighted by atomic mass is 9.64. The number of aryl methyl sites for hydroxylation is 1. The second-order valence-electron chi connectivity index (χ2n) is 6.11. The van der Waals surface area contributed by atoms with Crippen molar-refractivity contribution in [3.8, 4) is 0 Å². The summed E-state index contributed by atoms with van der Waals surface area (Å²) in [6.45, 7) is 4.73. The van der Waals surface area contributed by atoms with Crippen LogP contribution in [-0.4, -0.2) is 16.2 Å². The zero-order valence-corrected chi connectivity index (χ0v) is 13.1. The summed E-state index contributed by atoms with van der Waals surface area (Å²) in [5.74, 6) is 0.385. The predicted molar refractivity (Wildman–Crippen MR) is 84.2 cm³/mol. The van der Waals surface area contributed by atoms with Crippen molar-refractivity contribution in [3.63, 3.8) is 0 Å². The van der Waals surface area contributed by atoms with Crippen molar-refractivity contribution in [2.45, 2.75) is 37.6 Å². The highest BCUT2D eigenvalue weighted by atomic mass is 32.2. The van der Waals surface area contributed by atoms with Crippen LogP contribution >= 0.6 is 11.8 Å². The van der Waals surface area contributed by atoms with Gasteiger partial charge in [-0.1, -0.05) is 38.1 Å². The van der Waals surface area contributed by atoms with Gasteiger partial charge in [-0.25, -0.2) is 9.97 Å². The SMILES string of the molecule is CSc1ncncc1C1c2ccccc2CCC1(C)C. The molecule has 0 saturated carbocycles. The van der Waals surface area contributed by atoms with Gasteiger partial charge in [-0.2, -0.15) is 0 Å². The maximum absolute atomic E-state index is 4.46. The summed E-state index contributed by atoms with van der Waals surface area (Å²) < 4.78 is 0. The summed E-state index contributed by atoms with van der Waals surface area (Å²) in [4.78, 5) is 8.75. The molecule has 0 N–H and O–H groups in total. The van der Waals surface area contributed by atoms with Gasteiger partial charge in [0.15, 0.2) is 0 Å². The van der Waals surface area contributed by atoms with Gasteiger partial charge < -0.3 is 0 Å².